The number of amides is 3. The number of carbonyl (C=O) groups is 3. The number of nitrogens with one attached hydrogen (secondary N) is 2. The largest absolute Gasteiger partial charge is 0.340 e. The second kappa shape index (κ2) is 9.14. The summed E-state index contributed by atoms with van der Waals surface area (Å²) >= 11 is 4.59. The number of halogens is 1. The van der Waals surface area contributed by atoms with Gasteiger partial charge in [-0.3, -0.25) is 14.4 Å². The molecule has 0 aliphatic rings. The average Bonchev–Trinajstić information content (AvgIpc) is 3.04. The highest BCUT2D eigenvalue weighted by Crippen LogP contribution is 2.22. The summed E-state index contributed by atoms with van der Waals surface area (Å²) in [6.45, 7) is 5.40. The van der Waals surface area contributed by atoms with E-state index in [4.69, 9.17) is 0 Å². The summed E-state index contributed by atoms with van der Waals surface area (Å²) in [4.78, 5) is 38.7. The normalized spacial score (nSPS) is 11.6. The first kappa shape index (κ1) is 21.1. The molecule has 0 saturated carbocycles. The lowest BCUT2D eigenvalue weighted by Crippen LogP contribution is -2.47. The molecule has 144 valence electrons. The van der Waals surface area contributed by atoms with Crippen LogP contribution in [0, 0.1) is 13.8 Å². The van der Waals surface area contributed by atoms with Crippen LogP contribution in [0.5, 0.6) is 0 Å². The molecule has 2 rings (SSSR count). The number of anilines is 1. The zero-order chi connectivity index (χ0) is 20.1. The number of carbonyl (C=O) groups excluding carboxylic acids is 3. The van der Waals surface area contributed by atoms with Gasteiger partial charge in [-0.1, -0.05) is 12.1 Å². The van der Waals surface area contributed by atoms with Crippen LogP contribution in [0.3, 0.4) is 0 Å². The van der Waals surface area contributed by atoms with E-state index in [1.165, 1.54) is 23.3 Å². The molecule has 1 unspecified atom stereocenters. The molecule has 0 bridgehead atoms. The molecule has 2 N–H and O–H groups in total. The van der Waals surface area contributed by atoms with E-state index in [0.717, 1.165) is 20.6 Å². The summed E-state index contributed by atoms with van der Waals surface area (Å²) in [7, 11) is 1.54. The van der Waals surface area contributed by atoms with Gasteiger partial charge in [0.25, 0.3) is 5.91 Å². The van der Waals surface area contributed by atoms with Gasteiger partial charge in [-0.25, -0.2) is 0 Å². The topological polar surface area (TPSA) is 78.5 Å². The van der Waals surface area contributed by atoms with Gasteiger partial charge in [-0.2, -0.15) is 0 Å². The van der Waals surface area contributed by atoms with Gasteiger partial charge < -0.3 is 15.5 Å². The van der Waals surface area contributed by atoms with E-state index in [1.54, 1.807) is 19.1 Å². The molecule has 6 nitrogen and oxygen atoms in total. The van der Waals surface area contributed by atoms with Gasteiger partial charge in [0.15, 0.2) is 0 Å². The monoisotopic (exact) mass is 451 g/mol. The molecule has 0 saturated heterocycles. The molecule has 0 aliphatic carbocycles. The van der Waals surface area contributed by atoms with Crippen LogP contribution in [0.25, 0.3) is 0 Å². The molecule has 3 amide bonds. The summed E-state index contributed by atoms with van der Waals surface area (Å²) in [5.41, 5.74) is 2.79. The molecular weight excluding hydrogens is 430 g/mol. The Morgan fingerprint density at radius 3 is 2.52 bits per heavy atom. The third-order valence-corrected chi connectivity index (χ3v) is 5.77. The maximum atomic E-state index is 12.4. The van der Waals surface area contributed by atoms with Crippen molar-refractivity contribution in [3.8, 4) is 0 Å². The van der Waals surface area contributed by atoms with Crippen molar-refractivity contribution >= 4 is 50.7 Å². The molecular formula is C19H22BrN3O3S. The van der Waals surface area contributed by atoms with E-state index < -0.39 is 6.04 Å². The van der Waals surface area contributed by atoms with Crippen LogP contribution in [0.2, 0.25) is 0 Å². The van der Waals surface area contributed by atoms with Crippen molar-refractivity contribution < 1.29 is 14.4 Å². The summed E-state index contributed by atoms with van der Waals surface area (Å²) in [6, 6.07) is 8.38. The van der Waals surface area contributed by atoms with Gasteiger partial charge in [-0.15, -0.1) is 11.3 Å². The van der Waals surface area contributed by atoms with Crippen LogP contribution in [0.15, 0.2) is 34.1 Å². The van der Waals surface area contributed by atoms with Crippen molar-refractivity contribution in [3.05, 3.63) is 50.1 Å². The highest BCUT2D eigenvalue weighted by molar-refractivity contribution is 9.11. The number of rotatable bonds is 6. The Bertz CT molecular complexity index is 866. The molecule has 1 aromatic heterocycles. The molecule has 2 aromatic rings. The molecule has 27 heavy (non-hydrogen) atoms. The molecule has 1 aromatic carbocycles. The predicted molar refractivity (Wildman–Crippen MR) is 111 cm³/mol. The van der Waals surface area contributed by atoms with E-state index in [2.05, 4.69) is 26.6 Å². The van der Waals surface area contributed by atoms with Crippen LogP contribution in [-0.4, -0.2) is 42.3 Å². The van der Waals surface area contributed by atoms with Crippen molar-refractivity contribution in [2.45, 2.75) is 26.8 Å². The fourth-order valence-electron chi connectivity index (χ4n) is 2.47. The zero-order valence-corrected chi connectivity index (χ0v) is 18.0. The van der Waals surface area contributed by atoms with Crippen molar-refractivity contribution in [1.82, 2.24) is 10.2 Å². The summed E-state index contributed by atoms with van der Waals surface area (Å²) in [5.74, 6) is -0.949. The smallest absolute Gasteiger partial charge is 0.262 e. The van der Waals surface area contributed by atoms with Gasteiger partial charge >= 0.3 is 0 Å². The molecule has 0 fully saturated rings. The lowest BCUT2D eigenvalue weighted by molar-refractivity contribution is -0.134. The number of thiophene rings is 1. The minimum absolute atomic E-state index is 0.100. The van der Waals surface area contributed by atoms with Gasteiger partial charge in [0.2, 0.25) is 11.8 Å². The fourth-order valence-corrected chi connectivity index (χ4v) is 3.76. The Kier molecular flexibility index (Phi) is 7.15. The minimum Gasteiger partial charge on any atom is -0.340 e. The summed E-state index contributed by atoms with van der Waals surface area (Å²) in [6.07, 6.45) is 0. The Labute approximate surface area is 171 Å². The Hall–Kier alpha value is -2.19. The first-order chi connectivity index (χ1) is 12.7. The number of aryl methyl sites for hydroxylation is 1. The number of nitrogens with zero attached hydrogens (tertiary/aromatic N) is 1. The van der Waals surface area contributed by atoms with Crippen LogP contribution < -0.4 is 10.6 Å². The van der Waals surface area contributed by atoms with Crippen LogP contribution in [0.1, 0.15) is 27.7 Å². The van der Waals surface area contributed by atoms with Crippen LogP contribution in [0.4, 0.5) is 5.69 Å². The van der Waals surface area contributed by atoms with E-state index in [0.29, 0.717) is 4.88 Å². The lowest BCUT2D eigenvalue weighted by atomic mass is 10.1. The molecule has 1 atom stereocenters. The number of benzene rings is 1. The standard InChI is InChI=1S/C19H22BrN3O3S/c1-11-6-5-7-14(12(11)2)22-17(24)10-23(4)19(26)13(3)21-18(25)15-8-9-16(20)27-15/h5-9,13H,10H2,1-4H3,(H,21,25)(H,22,24). The third kappa shape index (κ3) is 5.64. The molecule has 8 heteroatoms. The Morgan fingerprint density at radius 2 is 1.89 bits per heavy atom. The first-order valence-electron chi connectivity index (χ1n) is 8.36. The summed E-state index contributed by atoms with van der Waals surface area (Å²) < 4.78 is 0.840. The van der Waals surface area contributed by atoms with Crippen molar-refractivity contribution in [1.29, 1.82) is 0 Å². The molecule has 0 spiro atoms. The Balaban J connectivity index is 1.91. The van der Waals surface area contributed by atoms with Crippen LogP contribution in [-0.2, 0) is 9.59 Å². The maximum absolute atomic E-state index is 12.4. The van der Waals surface area contributed by atoms with E-state index in [-0.39, 0.29) is 24.3 Å². The minimum atomic E-state index is -0.739. The van der Waals surface area contributed by atoms with Gasteiger partial charge in [0.1, 0.15) is 6.04 Å². The quantitative estimate of drug-likeness (QED) is 0.706. The first-order valence-corrected chi connectivity index (χ1v) is 9.97. The number of likely N-dealkylation sites (N-methyl/N-ethyl adjacent to an activating group) is 1. The van der Waals surface area contributed by atoms with E-state index in [1.807, 2.05) is 32.0 Å². The highest BCUT2D eigenvalue weighted by atomic mass is 79.9. The average molecular weight is 452 g/mol. The second-order valence-electron chi connectivity index (χ2n) is 6.29. The van der Waals surface area contributed by atoms with E-state index in [9.17, 15) is 14.4 Å². The molecule has 0 aliphatic heterocycles. The van der Waals surface area contributed by atoms with Crippen molar-refractivity contribution in [3.63, 3.8) is 0 Å². The fraction of sp³-hybridized carbons (Fsp3) is 0.316. The predicted octanol–water partition coefficient (Wildman–Crippen LogP) is 3.34. The Morgan fingerprint density at radius 1 is 1.19 bits per heavy atom. The number of hydrogen-bond donors (Lipinski definition) is 2. The SMILES string of the molecule is Cc1cccc(NC(=O)CN(C)C(=O)C(C)NC(=O)c2ccc(Br)s2)c1C. The van der Waals surface area contributed by atoms with Crippen molar-refractivity contribution in [2.75, 3.05) is 18.9 Å². The lowest BCUT2D eigenvalue weighted by Gasteiger charge is -2.22. The maximum Gasteiger partial charge on any atom is 0.262 e. The summed E-state index contributed by atoms with van der Waals surface area (Å²) in [5, 5.41) is 5.48. The third-order valence-electron chi connectivity index (χ3n) is 4.15. The van der Waals surface area contributed by atoms with E-state index >= 15 is 0 Å². The van der Waals surface area contributed by atoms with Crippen LogP contribution >= 0.6 is 27.3 Å². The number of hydrogen-bond acceptors (Lipinski definition) is 4. The zero-order valence-electron chi connectivity index (χ0n) is 15.6. The van der Waals surface area contributed by atoms with Gasteiger partial charge in [0.05, 0.1) is 15.2 Å². The highest BCUT2D eigenvalue weighted by Gasteiger charge is 2.22. The van der Waals surface area contributed by atoms with Gasteiger partial charge in [-0.05, 0) is 66.0 Å². The molecule has 0 radical (unpaired) electrons. The van der Waals surface area contributed by atoms with Gasteiger partial charge in [0, 0.05) is 12.7 Å². The molecule has 1 heterocycles. The van der Waals surface area contributed by atoms with Crippen molar-refractivity contribution in [2.24, 2.45) is 0 Å². The second-order valence-corrected chi connectivity index (χ2v) is 8.75.